The summed E-state index contributed by atoms with van der Waals surface area (Å²) >= 11 is 12.2. The summed E-state index contributed by atoms with van der Waals surface area (Å²) in [5.41, 5.74) is 1.82. The van der Waals surface area contributed by atoms with E-state index in [1.165, 1.54) is 0 Å². The van der Waals surface area contributed by atoms with Crippen LogP contribution in [0.1, 0.15) is 37.9 Å². The molecule has 0 radical (unpaired) electrons. The average Bonchev–Trinajstić information content (AvgIpc) is 3.24. The molecule has 33 heavy (non-hydrogen) atoms. The first-order valence-electron chi connectivity index (χ1n) is 11.3. The largest absolute Gasteiger partial charge is 0.394 e. The first-order valence-corrected chi connectivity index (χ1v) is 12.1. The Morgan fingerprint density at radius 2 is 2.12 bits per heavy atom. The smallest absolute Gasteiger partial charge is 0.222 e. The fourth-order valence-corrected chi connectivity index (χ4v) is 4.34. The highest BCUT2D eigenvalue weighted by Crippen LogP contribution is 2.24. The average molecular weight is 498 g/mol. The third kappa shape index (κ3) is 7.39. The van der Waals surface area contributed by atoms with Crippen LogP contribution in [0.2, 0.25) is 10.0 Å². The van der Waals surface area contributed by atoms with Gasteiger partial charge in [0.15, 0.2) is 0 Å². The Kier molecular flexibility index (Phi) is 9.52. The quantitative estimate of drug-likeness (QED) is 0.659. The number of aliphatic hydroxyl groups is 1. The summed E-state index contributed by atoms with van der Waals surface area (Å²) in [5.74, 6) is 0.0703. The number of aryl methyl sites for hydroxylation is 1. The molecule has 1 aromatic heterocycles. The molecule has 2 bridgehead atoms. The van der Waals surface area contributed by atoms with E-state index in [4.69, 9.17) is 27.9 Å². The molecule has 1 aliphatic heterocycles. The van der Waals surface area contributed by atoms with Crippen molar-refractivity contribution in [2.24, 2.45) is 5.92 Å². The summed E-state index contributed by atoms with van der Waals surface area (Å²) in [7, 11) is 2.02. The van der Waals surface area contributed by atoms with Gasteiger partial charge < -0.3 is 14.7 Å². The lowest BCUT2D eigenvalue weighted by atomic mass is 10.0. The van der Waals surface area contributed by atoms with Gasteiger partial charge in [-0.3, -0.25) is 14.4 Å². The van der Waals surface area contributed by atoms with Crippen molar-refractivity contribution in [1.82, 2.24) is 24.8 Å². The van der Waals surface area contributed by atoms with Crippen LogP contribution >= 0.6 is 23.2 Å². The molecule has 1 N–H and O–H groups in total. The van der Waals surface area contributed by atoms with Crippen LogP contribution < -0.4 is 0 Å². The summed E-state index contributed by atoms with van der Waals surface area (Å²) in [6.07, 6.45) is 2.78. The van der Waals surface area contributed by atoms with E-state index in [-0.39, 0.29) is 30.6 Å². The molecule has 0 unspecified atom stereocenters. The van der Waals surface area contributed by atoms with E-state index < -0.39 is 0 Å². The monoisotopic (exact) mass is 497 g/mol. The number of carbonyl (C=O) groups is 1. The predicted molar refractivity (Wildman–Crippen MR) is 128 cm³/mol. The summed E-state index contributed by atoms with van der Waals surface area (Å²) in [4.78, 5) is 16.9. The number of fused-ring (bicyclic) bond motifs is 2. The molecule has 0 saturated carbocycles. The van der Waals surface area contributed by atoms with Crippen molar-refractivity contribution in [3.63, 3.8) is 0 Å². The van der Waals surface area contributed by atoms with E-state index >= 15 is 0 Å². The van der Waals surface area contributed by atoms with E-state index in [2.05, 4.69) is 22.1 Å². The Morgan fingerprint density at radius 3 is 2.85 bits per heavy atom. The van der Waals surface area contributed by atoms with Crippen LogP contribution in [-0.2, 0) is 29.2 Å². The van der Waals surface area contributed by atoms with Crippen LogP contribution in [0.5, 0.6) is 0 Å². The van der Waals surface area contributed by atoms with Gasteiger partial charge in [-0.2, -0.15) is 0 Å². The van der Waals surface area contributed by atoms with Gasteiger partial charge in [-0.25, -0.2) is 0 Å². The van der Waals surface area contributed by atoms with Gasteiger partial charge >= 0.3 is 0 Å². The van der Waals surface area contributed by atoms with Crippen molar-refractivity contribution in [3.05, 3.63) is 45.7 Å². The van der Waals surface area contributed by atoms with Crippen molar-refractivity contribution in [1.29, 1.82) is 0 Å². The minimum absolute atomic E-state index is 0.0332. The number of aromatic nitrogens is 3. The van der Waals surface area contributed by atoms with Crippen LogP contribution in [0.15, 0.2) is 24.4 Å². The highest BCUT2D eigenvalue weighted by molar-refractivity contribution is 6.42. The number of aliphatic hydroxyl groups excluding tert-OH is 1. The Labute approximate surface area is 205 Å². The van der Waals surface area contributed by atoms with Gasteiger partial charge in [-0.15, -0.1) is 5.10 Å². The normalized spacial score (nSPS) is 21.4. The molecule has 0 spiro atoms. The molecule has 0 saturated heterocycles. The fourth-order valence-electron chi connectivity index (χ4n) is 4.01. The minimum atomic E-state index is -0.253. The maximum atomic E-state index is 12.9. The van der Waals surface area contributed by atoms with E-state index in [0.717, 1.165) is 11.3 Å². The number of amides is 1. The number of hydrogen-bond donors (Lipinski definition) is 1. The van der Waals surface area contributed by atoms with Gasteiger partial charge in [-0.1, -0.05) is 41.4 Å². The Balaban J connectivity index is 1.76. The van der Waals surface area contributed by atoms with Crippen LogP contribution in [0.4, 0.5) is 0 Å². The predicted octanol–water partition coefficient (Wildman–Crippen LogP) is 3.24. The number of ether oxygens (including phenoxy) is 1. The SMILES string of the molecule is C[C@H]1CN([C@@H](C)CO)C(=O)CCCn2cc(nn2)CO[C@H]1CN(C)Cc1ccc(Cl)c(Cl)c1. The lowest BCUT2D eigenvalue weighted by Crippen LogP contribution is -2.47. The number of carbonyl (C=O) groups excluding carboxylic acids is 1. The van der Waals surface area contributed by atoms with E-state index in [9.17, 15) is 9.90 Å². The van der Waals surface area contributed by atoms with Crippen molar-refractivity contribution in [2.75, 3.05) is 26.7 Å². The maximum Gasteiger partial charge on any atom is 0.222 e. The molecule has 2 heterocycles. The van der Waals surface area contributed by atoms with Crippen LogP contribution in [0, 0.1) is 5.92 Å². The van der Waals surface area contributed by atoms with Crippen molar-refractivity contribution < 1.29 is 14.6 Å². The molecule has 8 nitrogen and oxygen atoms in total. The molecule has 182 valence electrons. The molecular formula is C23H33Cl2N5O3. The zero-order valence-electron chi connectivity index (χ0n) is 19.5. The van der Waals surface area contributed by atoms with Gasteiger partial charge in [0.1, 0.15) is 5.69 Å². The van der Waals surface area contributed by atoms with Crippen LogP contribution in [-0.4, -0.2) is 74.7 Å². The standard InChI is InChI=1S/C23H33Cl2N5O3/c1-16-10-30(17(2)14-31)23(32)5-4-8-29-12-19(26-27-29)15-33-22(16)13-28(3)11-18-6-7-20(24)21(25)9-18/h6-7,9,12,16-17,22,31H,4-5,8,10-11,13-15H2,1-3H3/t16-,17-,22-/m0/s1. The Hall–Kier alpha value is -1.71. The van der Waals surface area contributed by atoms with E-state index in [1.54, 1.807) is 15.6 Å². The molecule has 1 aliphatic rings. The molecule has 0 fully saturated rings. The van der Waals surface area contributed by atoms with E-state index in [0.29, 0.717) is 55.7 Å². The molecule has 0 aliphatic carbocycles. The zero-order valence-corrected chi connectivity index (χ0v) is 21.0. The molecule has 1 aromatic carbocycles. The lowest BCUT2D eigenvalue weighted by molar-refractivity contribution is -0.136. The van der Waals surface area contributed by atoms with Crippen LogP contribution in [0.3, 0.4) is 0 Å². The van der Waals surface area contributed by atoms with Gasteiger partial charge in [-0.05, 0) is 38.1 Å². The zero-order chi connectivity index (χ0) is 24.0. The van der Waals surface area contributed by atoms with E-state index in [1.807, 2.05) is 32.3 Å². The third-order valence-corrected chi connectivity index (χ3v) is 6.71. The fraction of sp³-hybridized carbons (Fsp3) is 0.609. The summed E-state index contributed by atoms with van der Waals surface area (Å²) < 4.78 is 8.06. The molecule has 1 amide bonds. The second-order valence-electron chi connectivity index (χ2n) is 8.93. The van der Waals surface area contributed by atoms with Gasteiger partial charge in [0.05, 0.1) is 41.6 Å². The van der Waals surface area contributed by atoms with Crippen molar-refractivity contribution in [3.8, 4) is 0 Å². The Bertz CT molecular complexity index is 925. The summed E-state index contributed by atoms with van der Waals surface area (Å²) in [5, 5.41) is 19.1. The second-order valence-corrected chi connectivity index (χ2v) is 9.74. The number of halogens is 2. The lowest BCUT2D eigenvalue weighted by Gasteiger charge is -2.35. The van der Waals surface area contributed by atoms with Crippen LogP contribution in [0.25, 0.3) is 0 Å². The number of benzene rings is 1. The summed E-state index contributed by atoms with van der Waals surface area (Å²) in [6.45, 7) is 6.67. The minimum Gasteiger partial charge on any atom is -0.394 e. The maximum absolute atomic E-state index is 12.9. The molecular weight excluding hydrogens is 465 g/mol. The highest BCUT2D eigenvalue weighted by Gasteiger charge is 2.28. The van der Waals surface area contributed by atoms with Gasteiger partial charge in [0.2, 0.25) is 5.91 Å². The van der Waals surface area contributed by atoms with Gasteiger partial charge in [0, 0.05) is 38.5 Å². The molecule has 2 aromatic rings. The number of rotatable bonds is 6. The Morgan fingerprint density at radius 1 is 1.33 bits per heavy atom. The molecule has 3 rings (SSSR count). The number of hydrogen-bond acceptors (Lipinski definition) is 6. The van der Waals surface area contributed by atoms with Gasteiger partial charge in [0.25, 0.3) is 0 Å². The van der Waals surface area contributed by atoms with Crippen molar-refractivity contribution in [2.45, 2.75) is 58.5 Å². The first kappa shape index (κ1) is 25.9. The number of nitrogens with zero attached hydrogens (tertiary/aromatic N) is 5. The third-order valence-electron chi connectivity index (χ3n) is 5.97. The first-order chi connectivity index (χ1) is 15.8. The highest BCUT2D eigenvalue weighted by atomic mass is 35.5. The molecule has 3 atom stereocenters. The molecule has 10 heteroatoms. The second kappa shape index (κ2) is 12.1. The van der Waals surface area contributed by atoms with Crippen molar-refractivity contribution >= 4 is 29.1 Å². The number of likely N-dealkylation sites (N-methyl/N-ethyl adjacent to an activating group) is 1. The summed E-state index contributed by atoms with van der Waals surface area (Å²) in [6, 6.07) is 5.38. The topological polar surface area (TPSA) is 83.7 Å².